The van der Waals surface area contributed by atoms with Crippen LogP contribution in [0.15, 0.2) is 77.8 Å². The minimum atomic E-state index is -1.25. The molecule has 3 amide bonds. The van der Waals surface area contributed by atoms with Gasteiger partial charge in [-0.15, -0.1) is 0 Å². The van der Waals surface area contributed by atoms with Crippen molar-refractivity contribution in [1.82, 2.24) is 5.32 Å². The zero-order valence-electron chi connectivity index (χ0n) is 18.2. The number of aliphatic imine (C=N–C) groups is 1. The van der Waals surface area contributed by atoms with Gasteiger partial charge >= 0.3 is 6.03 Å². The molecule has 8 heteroatoms. The Morgan fingerprint density at radius 1 is 1.03 bits per heavy atom. The molecule has 1 aliphatic rings. The number of benzodiazepines with no additional fused rings is 1. The number of benzene rings is 3. The van der Waals surface area contributed by atoms with Crippen molar-refractivity contribution >= 4 is 29.0 Å². The summed E-state index contributed by atoms with van der Waals surface area (Å²) in [5, 5.41) is 5.28. The molecular formula is C25H23FN4O3. The monoisotopic (exact) mass is 446 g/mol. The smallest absolute Gasteiger partial charge is 0.321 e. The molecule has 3 aromatic rings. The molecule has 1 atom stereocenters. The number of nitrogens with one attached hydrogen (secondary N) is 2. The summed E-state index contributed by atoms with van der Waals surface area (Å²) in [4.78, 5) is 31.7. The Kier molecular flexibility index (Phi) is 6.35. The largest absolute Gasteiger partial charge is 0.494 e. The summed E-state index contributed by atoms with van der Waals surface area (Å²) >= 11 is 0. The maximum atomic E-state index is 14.7. The van der Waals surface area contributed by atoms with E-state index in [1.165, 1.54) is 11.0 Å². The molecule has 0 bridgehead atoms. The van der Waals surface area contributed by atoms with E-state index in [9.17, 15) is 14.0 Å². The number of ether oxygens (including phenoxy) is 1. The number of halogens is 1. The lowest BCUT2D eigenvalue weighted by atomic mass is 10.00. The van der Waals surface area contributed by atoms with Gasteiger partial charge < -0.3 is 20.3 Å². The maximum absolute atomic E-state index is 14.7. The zero-order chi connectivity index (χ0) is 23.4. The molecule has 4 rings (SSSR count). The van der Waals surface area contributed by atoms with Crippen LogP contribution in [0.1, 0.15) is 18.1 Å². The van der Waals surface area contributed by atoms with Crippen molar-refractivity contribution in [1.29, 1.82) is 0 Å². The number of urea groups is 1. The van der Waals surface area contributed by atoms with Gasteiger partial charge in [0.05, 0.1) is 18.0 Å². The highest BCUT2D eigenvalue weighted by Crippen LogP contribution is 2.28. The zero-order valence-corrected chi connectivity index (χ0v) is 18.2. The molecule has 0 radical (unpaired) electrons. The second-order valence-corrected chi connectivity index (χ2v) is 7.33. The fourth-order valence-electron chi connectivity index (χ4n) is 3.58. The molecule has 0 spiro atoms. The van der Waals surface area contributed by atoms with Crippen molar-refractivity contribution < 1.29 is 18.7 Å². The normalized spacial score (nSPS) is 15.2. The van der Waals surface area contributed by atoms with Crippen LogP contribution in [0.3, 0.4) is 0 Å². The lowest BCUT2D eigenvalue weighted by Gasteiger charge is -2.21. The van der Waals surface area contributed by atoms with E-state index in [4.69, 9.17) is 4.74 Å². The minimum Gasteiger partial charge on any atom is -0.494 e. The van der Waals surface area contributed by atoms with E-state index in [1.54, 1.807) is 73.8 Å². The van der Waals surface area contributed by atoms with E-state index >= 15 is 0 Å². The summed E-state index contributed by atoms with van der Waals surface area (Å²) in [6.07, 6.45) is -1.25. The van der Waals surface area contributed by atoms with Crippen LogP contribution in [-0.4, -0.2) is 37.5 Å². The van der Waals surface area contributed by atoms with Crippen LogP contribution in [0.25, 0.3) is 0 Å². The number of fused-ring (bicyclic) bond motifs is 1. The van der Waals surface area contributed by atoms with Crippen LogP contribution in [0.5, 0.6) is 5.75 Å². The van der Waals surface area contributed by atoms with Crippen molar-refractivity contribution in [3.63, 3.8) is 0 Å². The van der Waals surface area contributed by atoms with Crippen molar-refractivity contribution in [3.8, 4) is 5.75 Å². The number of carbonyl (C=O) groups is 2. The number of hydrogen-bond acceptors (Lipinski definition) is 4. The summed E-state index contributed by atoms with van der Waals surface area (Å²) in [7, 11) is 1.60. The van der Waals surface area contributed by atoms with Crippen LogP contribution < -0.4 is 20.3 Å². The van der Waals surface area contributed by atoms with Gasteiger partial charge in [0.1, 0.15) is 11.6 Å². The van der Waals surface area contributed by atoms with Crippen molar-refractivity contribution in [3.05, 3.63) is 89.7 Å². The van der Waals surface area contributed by atoms with E-state index in [1.807, 2.05) is 6.92 Å². The first kappa shape index (κ1) is 22.0. The number of rotatable bonds is 5. The number of amides is 3. The Bertz CT molecular complexity index is 1210. The fraction of sp³-hybridized carbons (Fsp3) is 0.160. The Balaban J connectivity index is 1.64. The molecular weight excluding hydrogens is 423 g/mol. The molecule has 2 N–H and O–H groups in total. The molecule has 1 aliphatic heterocycles. The van der Waals surface area contributed by atoms with Gasteiger partial charge in [-0.2, -0.15) is 0 Å². The molecule has 1 heterocycles. The van der Waals surface area contributed by atoms with E-state index in [0.29, 0.717) is 29.3 Å². The lowest BCUT2D eigenvalue weighted by Crippen LogP contribution is -2.47. The molecule has 0 aliphatic carbocycles. The Morgan fingerprint density at radius 3 is 2.39 bits per heavy atom. The second kappa shape index (κ2) is 9.52. The second-order valence-electron chi connectivity index (χ2n) is 7.33. The number of hydrogen-bond donors (Lipinski definition) is 2. The van der Waals surface area contributed by atoms with Crippen LogP contribution in [0, 0.1) is 5.82 Å². The predicted octanol–water partition coefficient (Wildman–Crippen LogP) is 4.19. The van der Waals surface area contributed by atoms with Crippen LogP contribution >= 0.6 is 0 Å². The van der Waals surface area contributed by atoms with Gasteiger partial charge in [0.25, 0.3) is 5.91 Å². The third-order valence-electron chi connectivity index (χ3n) is 5.16. The average Bonchev–Trinajstić information content (AvgIpc) is 2.92. The van der Waals surface area contributed by atoms with Gasteiger partial charge in [0.2, 0.25) is 6.17 Å². The fourth-order valence-corrected chi connectivity index (χ4v) is 3.58. The molecule has 0 aromatic heterocycles. The third kappa shape index (κ3) is 4.69. The van der Waals surface area contributed by atoms with Crippen molar-refractivity contribution in [2.24, 2.45) is 4.99 Å². The van der Waals surface area contributed by atoms with Gasteiger partial charge in [-0.1, -0.05) is 30.3 Å². The highest BCUT2D eigenvalue weighted by atomic mass is 19.1. The van der Waals surface area contributed by atoms with Gasteiger partial charge in [0, 0.05) is 23.9 Å². The van der Waals surface area contributed by atoms with Crippen LogP contribution in [-0.2, 0) is 4.79 Å². The third-order valence-corrected chi connectivity index (χ3v) is 5.16. The molecule has 3 aromatic carbocycles. The van der Waals surface area contributed by atoms with E-state index in [-0.39, 0.29) is 11.3 Å². The Morgan fingerprint density at radius 2 is 1.70 bits per heavy atom. The number of likely N-dealkylation sites (N-methyl/N-ethyl adjacent to an activating group) is 1. The quantitative estimate of drug-likeness (QED) is 0.617. The molecule has 0 saturated heterocycles. The number of carbonyl (C=O) groups excluding carboxylic acids is 2. The van der Waals surface area contributed by atoms with Crippen molar-refractivity contribution in [2.75, 3.05) is 23.9 Å². The lowest BCUT2D eigenvalue weighted by molar-refractivity contribution is -0.119. The minimum absolute atomic E-state index is 0.242. The molecule has 0 fully saturated rings. The predicted molar refractivity (Wildman–Crippen MR) is 125 cm³/mol. The standard InChI is InChI=1S/C25H23FN4O3/c1-3-33-17-14-12-16(13-15-17)27-25(32)29-23-24(31)30(2)21-11-7-5-9-19(21)22(28-23)18-8-4-6-10-20(18)26/h4-15,23H,3H2,1-2H3,(H2,27,29,32). The Hall–Kier alpha value is -4.20. The molecule has 1 unspecified atom stereocenters. The SMILES string of the molecule is CCOc1ccc(NC(=O)NC2N=C(c3ccccc3F)c3ccccc3N(C)C2=O)cc1. The highest BCUT2D eigenvalue weighted by Gasteiger charge is 2.31. The van der Waals surface area contributed by atoms with Crippen molar-refractivity contribution in [2.45, 2.75) is 13.1 Å². The summed E-state index contributed by atoms with van der Waals surface area (Å²) in [6.45, 7) is 2.42. The van der Waals surface area contributed by atoms with Gasteiger partial charge in [-0.25, -0.2) is 14.2 Å². The highest BCUT2D eigenvalue weighted by molar-refractivity contribution is 6.20. The topological polar surface area (TPSA) is 83.0 Å². The first-order chi connectivity index (χ1) is 16.0. The summed E-state index contributed by atoms with van der Waals surface area (Å²) in [5.41, 5.74) is 2.21. The first-order valence-corrected chi connectivity index (χ1v) is 10.5. The number of nitrogens with zero attached hydrogens (tertiary/aromatic N) is 2. The first-order valence-electron chi connectivity index (χ1n) is 10.5. The number of para-hydroxylation sites is 1. The van der Waals surface area contributed by atoms with Gasteiger partial charge in [0.15, 0.2) is 0 Å². The van der Waals surface area contributed by atoms with Gasteiger partial charge in [-0.05, 0) is 49.4 Å². The average molecular weight is 446 g/mol. The summed E-state index contributed by atoms with van der Waals surface area (Å²) < 4.78 is 20.1. The number of anilines is 2. The summed E-state index contributed by atoms with van der Waals surface area (Å²) in [6, 6.07) is 19.5. The maximum Gasteiger partial charge on any atom is 0.321 e. The molecule has 0 saturated carbocycles. The molecule has 7 nitrogen and oxygen atoms in total. The summed E-state index contributed by atoms with van der Waals surface area (Å²) in [5.74, 6) is -0.239. The van der Waals surface area contributed by atoms with Crippen LogP contribution in [0.2, 0.25) is 0 Å². The molecule has 168 valence electrons. The molecule has 33 heavy (non-hydrogen) atoms. The van der Waals surface area contributed by atoms with Gasteiger partial charge in [-0.3, -0.25) is 4.79 Å². The van der Waals surface area contributed by atoms with E-state index in [2.05, 4.69) is 15.6 Å². The van der Waals surface area contributed by atoms with E-state index < -0.39 is 23.9 Å². The van der Waals surface area contributed by atoms with Crippen LogP contribution in [0.4, 0.5) is 20.6 Å². The van der Waals surface area contributed by atoms with E-state index in [0.717, 1.165) is 0 Å². The Labute approximate surface area is 190 Å².